The van der Waals surface area contributed by atoms with Gasteiger partial charge < -0.3 is 58.7 Å². The number of rotatable bonds is 28. The number of nitrogens with one attached hydrogen (secondary N) is 4. The number of aryl methyl sites for hydroxylation is 1. The molecule has 4 atom stereocenters. The van der Waals surface area contributed by atoms with Crippen molar-refractivity contribution in [2.45, 2.75) is 102 Å². The number of esters is 1. The summed E-state index contributed by atoms with van der Waals surface area (Å²) in [6.45, 7) is 3.33. The molecular weight excluding hydrogens is 1020 g/mol. The van der Waals surface area contributed by atoms with Gasteiger partial charge in [0.1, 0.15) is 29.7 Å². The Labute approximate surface area is 459 Å². The fourth-order valence-corrected chi connectivity index (χ4v) is 9.52. The Hall–Kier alpha value is -8.36. The molecule has 2 saturated heterocycles. The number of benzene rings is 4. The molecular formula is C58H71N5O16. The van der Waals surface area contributed by atoms with Crippen molar-refractivity contribution in [2.75, 3.05) is 68.4 Å². The highest BCUT2D eigenvalue weighted by Crippen LogP contribution is 2.42. The van der Waals surface area contributed by atoms with E-state index < -0.39 is 66.1 Å². The van der Waals surface area contributed by atoms with Gasteiger partial charge in [0.2, 0.25) is 23.5 Å². The molecule has 79 heavy (non-hydrogen) atoms. The van der Waals surface area contributed by atoms with E-state index in [2.05, 4.69) is 21.3 Å². The lowest BCUT2D eigenvalue weighted by atomic mass is 9.91. The van der Waals surface area contributed by atoms with E-state index in [9.17, 15) is 38.4 Å². The van der Waals surface area contributed by atoms with Gasteiger partial charge in [-0.15, -0.1) is 0 Å². The summed E-state index contributed by atoms with van der Waals surface area (Å²) >= 11 is 0. The minimum absolute atomic E-state index is 0.0112. The van der Waals surface area contributed by atoms with E-state index in [0.717, 1.165) is 18.4 Å². The average Bonchev–Trinajstić information content (AvgIpc) is 3.46. The Bertz CT molecular complexity index is 2810. The van der Waals surface area contributed by atoms with Gasteiger partial charge in [-0.2, -0.15) is 0 Å². The molecule has 424 valence electrons. The van der Waals surface area contributed by atoms with Crippen molar-refractivity contribution in [3.05, 3.63) is 101 Å². The van der Waals surface area contributed by atoms with Crippen LogP contribution in [0.1, 0.15) is 121 Å². The third-order valence-corrected chi connectivity index (χ3v) is 13.6. The van der Waals surface area contributed by atoms with Gasteiger partial charge in [0, 0.05) is 26.1 Å². The smallest absolute Gasteiger partial charge is 0.329 e. The lowest BCUT2D eigenvalue weighted by Crippen LogP contribution is -2.52. The molecule has 4 aromatic carbocycles. The number of methoxy groups -OCH3 is 5. The summed E-state index contributed by atoms with van der Waals surface area (Å²) in [5.74, 6) is -1.76. The van der Waals surface area contributed by atoms with Crippen molar-refractivity contribution >= 4 is 47.2 Å². The Morgan fingerprint density at radius 1 is 0.709 bits per heavy atom. The van der Waals surface area contributed by atoms with Gasteiger partial charge in [-0.25, -0.2) is 4.79 Å². The van der Waals surface area contributed by atoms with Crippen molar-refractivity contribution in [3.8, 4) is 40.2 Å². The Kier molecular flexibility index (Phi) is 22.3. The lowest BCUT2D eigenvalue weighted by molar-refractivity contribution is -0.162. The van der Waals surface area contributed by atoms with Gasteiger partial charge >= 0.3 is 5.97 Å². The van der Waals surface area contributed by atoms with Gasteiger partial charge in [0.25, 0.3) is 17.7 Å². The van der Waals surface area contributed by atoms with E-state index in [4.69, 9.17) is 37.9 Å². The second-order valence-corrected chi connectivity index (χ2v) is 18.9. The maximum atomic E-state index is 14.5. The van der Waals surface area contributed by atoms with Gasteiger partial charge in [-0.05, 0) is 130 Å². The van der Waals surface area contributed by atoms with Crippen molar-refractivity contribution in [1.29, 1.82) is 0 Å². The zero-order chi connectivity index (χ0) is 57.0. The maximum Gasteiger partial charge on any atom is 0.329 e. The molecule has 6 amide bonds. The molecule has 0 spiro atoms. The summed E-state index contributed by atoms with van der Waals surface area (Å²) in [7, 11) is 7.65. The van der Waals surface area contributed by atoms with Crippen LogP contribution < -0.4 is 54.4 Å². The molecule has 0 aromatic heterocycles. The van der Waals surface area contributed by atoms with Gasteiger partial charge in [0.15, 0.2) is 42.0 Å². The SMILES string of the molecule is CC[C@H](C(=O)N1CCCC[C@H]1C(=O)O[C@H](CCc1ccc(OC)c(OC)c1)c1cccc(OCC(=O)NCCCCNC(=O)COc2cccc(C(=O)NC3CCC(=O)NC3=O)c2C(C)=O)c1)c1cc(OC)c(OC)c(OC)c1. The number of ether oxygens (including phenoxy) is 8. The van der Waals surface area contributed by atoms with E-state index >= 15 is 0 Å². The number of imide groups is 1. The number of Topliss-reactive ketones (excluding diaryl/α,β-unsaturated/α-hetero) is 1. The number of ketones is 1. The largest absolute Gasteiger partial charge is 0.493 e. The van der Waals surface area contributed by atoms with Crippen molar-refractivity contribution in [2.24, 2.45) is 0 Å². The molecule has 21 nitrogen and oxygen atoms in total. The molecule has 2 heterocycles. The molecule has 4 aromatic rings. The van der Waals surface area contributed by atoms with E-state index in [1.807, 2.05) is 31.2 Å². The predicted molar refractivity (Wildman–Crippen MR) is 288 cm³/mol. The summed E-state index contributed by atoms with van der Waals surface area (Å²) in [6, 6.07) is 18.7. The monoisotopic (exact) mass is 1090 g/mol. The number of hydrogen-bond acceptors (Lipinski definition) is 16. The number of unbranched alkanes of at least 4 members (excludes halogenated alkanes) is 1. The first-order valence-corrected chi connectivity index (χ1v) is 26.3. The number of amides is 6. The molecule has 0 saturated carbocycles. The van der Waals surface area contributed by atoms with Crippen LogP contribution in [0.5, 0.6) is 40.2 Å². The Morgan fingerprint density at radius 2 is 1.38 bits per heavy atom. The van der Waals surface area contributed by atoms with Crippen LogP contribution in [0.15, 0.2) is 72.8 Å². The number of carbonyl (C=O) groups is 8. The summed E-state index contributed by atoms with van der Waals surface area (Å²) in [6.07, 6.45) is 3.55. The first-order valence-electron chi connectivity index (χ1n) is 26.3. The zero-order valence-electron chi connectivity index (χ0n) is 45.8. The second kappa shape index (κ2) is 29.4. The summed E-state index contributed by atoms with van der Waals surface area (Å²) < 4.78 is 45.7. The molecule has 6 rings (SSSR count). The van der Waals surface area contributed by atoms with Gasteiger partial charge in [-0.3, -0.25) is 38.9 Å². The fourth-order valence-electron chi connectivity index (χ4n) is 9.52. The van der Waals surface area contributed by atoms with E-state index in [0.29, 0.717) is 97.2 Å². The van der Waals surface area contributed by atoms with Crippen molar-refractivity contribution in [3.63, 3.8) is 0 Å². The number of carbonyl (C=O) groups excluding carboxylic acids is 8. The first-order chi connectivity index (χ1) is 38.1. The average molecular weight is 1090 g/mol. The highest BCUT2D eigenvalue weighted by Gasteiger charge is 2.38. The summed E-state index contributed by atoms with van der Waals surface area (Å²) in [5, 5.41) is 10.3. The van der Waals surface area contributed by atoms with Crippen LogP contribution in [0.2, 0.25) is 0 Å². The molecule has 2 aliphatic heterocycles. The highest BCUT2D eigenvalue weighted by atomic mass is 16.5. The molecule has 0 aliphatic carbocycles. The standard InChI is InChI=1S/C58H71N5O16/c1-8-40(38-31-48(74-5)54(76-7)49(32-38)75-6)57(70)63-28-12-9-18-43(63)58(71)79-44(23-20-36-21-24-45(72-3)47(29-36)73-4)37-15-13-16-39(30-37)77-33-51(66)59-26-10-11-27-60-52(67)34-78-46-19-14-17-41(53(46)35(2)64)55(68)61-42-22-25-50(65)62-56(42)69/h13-17,19,21,24,29-32,40,42-44H,8-12,18,20,22-23,25-28,33-34H2,1-7H3,(H,59,66)(H,60,67)(H,61,68)(H,62,65,69)/t40-,42?,43-,44+/m0/s1. The van der Waals surface area contributed by atoms with Crippen LogP contribution in [0, 0.1) is 0 Å². The van der Waals surface area contributed by atoms with Gasteiger partial charge in [-0.1, -0.05) is 31.2 Å². The second-order valence-electron chi connectivity index (χ2n) is 18.9. The topological polar surface area (TPSA) is 262 Å². The summed E-state index contributed by atoms with van der Waals surface area (Å²) in [5.41, 5.74) is 2.09. The molecule has 2 aliphatic rings. The Morgan fingerprint density at radius 3 is 2.01 bits per heavy atom. The fraction of sp³-hybridized carbons (Fsp3) is 0.448. The lowest BCUT2D eigenvalue weighted by Gasteiger charge is -2.37. The first kappa shape index (κ1) is 59.9. The number of piperidine rings is 2. The predicted octanol–water partition coefficient (Wildman–Crippen LogP) is 5.73. The van der Waals surface area contributed by atoms with E-state index in [-0.39, 0.29) is 54.7 Å². The Balaban J connectivity index is 1.02. The van der Waals surface area contributed by atoms with Crippen LogP contribution in [0.4, 0.5) is 0 Å². The van der Waals surface area contributed by atoms with Crippen LogP contribution >= 0.6 is 0 Å². The highest BCUT2D eigenvalue weighted by molar-refractivity contribution is 6.10. The van der Waals surface area contributed by atoms with Crippen LogP contribution in [-0.2, 0) is 39.9 Å². The quantitative estimate of drug-likeness (QED) is 0.0229. The third kappa shape index (κ3) is 16.1. The minimum atomic E-state index is -0.952. The molecule has 21 heteroatoms. The number of likely N-dealkylation sites (tertiary alicyclic amines) is 1. The normalized spacial score (nSPS) is 15.8. The molecule has 1 unspecified atom stereocenters. The van der Waals surface area contributed by atoms with Crippen LogP contribution in [0.3, 0.4) is 0 Å². The summed E-state index contributed by atoms with van der Waals surface area (Å²) in [4.78, 5) is 106. The maximum absolute atomic E-state index is 14.5. The molecule has 0 radical (unpaired) electrons. The van der Waals surface area contributed by atoms with Crippen LogP contribution in [0.25, 0.3) is 0 Å². The molecule has 2 fully saturated rings. The third-order valence-electron chi connectivity index (χ3n) is 13.6. The van der Waals surface area contributed by atoms with E-state index in [1.165, 1.54) is 46.5 Å². The molecule has 0 bridgehead atoms. The number of hydrogen-bond donors (Lipinski definition) is 4. The van der Waals surface area contributed by atoms with Crippen molar-refractivity contribution in [1.82, 2.24) is 26.2 Å². The van der Waals surface area contributed by atoms with Crippen LogP contribution in [-0.4, -0.2) is 133 Å². The van der Waals surface area contributed by atoms with Gasteiger partial charge in [0.05, 0.1) is 52.6 Å². The van der Waals surface area contributed by atoms with Crippen molar-refractivity contribution < 1.29 is 76.3 Å². The van der Waals surface area contributed by atoms with E-state index in [1.54, 1.807) is 49.5 Å². The zero-order valence-corrected chi connectivity index (χ0v) is 45.8. The minimum Gasteiger partial charge on any atom is -0.493 e. The number of nitrogens with zero attached hydrogens (tertiary/aromatic N) is 1. The molecule has 4 N–H and O–H groups in total.